The van der Waals surface area contributed by atoms with Gasteiger partial charge >= 0.3 is 0 Å². The largest absolute Gasteiger partial charge is 0.347 e. The maximum atomic E-state index is 13.3. The van der Waals surface area contributed by atoms with E-state index in [-0.39, 0.29) is 17.9 Å². The quantitative estimate of drug-likeness (QED) is 0.687. The summed E-state index contributed by atoms with van der Waals surface area (Å²) in [5, 5.41) is 5.47. The molecule has 3 aromatic carbocycles. The van der Waals surface area contributed by atoms with Gasteiger partial charge in [0.05, 0.1) is 6.04 Å². The molecule has 4 rings (SSSR count). The van der Waals surface area contributed by atoms with Crippen LogP contribution in [0.3, 0.4) is 0 Å². The lowest BCUT2D eigenvalue weighted by Crippen LogP contribution is -2.46. The number of piperidine rings is 1. The van der Waals surface area contributed by atoms with E-state index in [0.717, 1.165) is 29.4 Å². The normalized spacial score (nSPS) is 16.4. The molecule has 148 valence electrons. The summed E-state index contributed by atoms with van der Waals surface area (Å²) < 4.78 is 0. The van der Waals surface area contributed by atoms with Crippen LogP contribution in [0.4, 0.5) is 0 Å². The van der Waals surface area contributed by atoms with E-state index in [2.05, 4.69) is 35.6 Å². The second-order valence-electron chi connectivity index (χ2n) is 7.69. The average Bonchev–Trinajstić information content (AvgIpc) is 2.75. The molecule has 1 saturated heterocycles. The van der Waals surface area contributed by atoms with E-state index >= 15 is 0 Å². The molecule has 0 aliphatic carbocycles. The topological polar surface area (TPSA) is 49.4 Å². The standard InChI is InChI=1S/C25H26N2O2/c1-18(21-15-14-19-9-5-6-12-22(19)17-21)26-25(29)24(20-10-3-2-4-11-20)27-16-8-7-13-23(27)28/h2-6,9-12,14-15,17-18,24H,7-8,13,16H2,1H3,(H,26,29). The number of carbonyl (C=O) groups excluding carboxylic acids is 2. The maximum Gasteiger partial charge on any atom is 0.247 e. The number of nitrogens with zero attached hydrogens (tertiary/aromatic N) is 1. The van der Waals surface area contributed by atoms with Crippen LogP contribution in [0.1, 0.15) is 49.4 Å². The van der Waals surface area contributed by atoms with E-state index in [9.17, 15) is 9.59 Å². The van der Waals surface area contributed by atoms with Gasteiger partial charge in [0.2, 0.25) is 11.8 Å². The number of hydrogen-bond acceptors (Lipinski definition) is 2. The van der Waals surface area contributed by atoms with Crippen LogP contribution in [-0.2, 0) is 9.59 Å². The molecule has 4 heteroatoms. The summed E-state index contributed by atoms with van der Waals surface area (Å²) in [5.41, 5.74) is 1.90. The van der Waals surface area contributed by atoms with E-state index in [1.807, 2.05) is 49.4 Å². The Balaban J connectivity index is 1.59. The van der Waals surface area contributed by atoms with Crippen LogP contribution in [0.5, 0.6) is 0 Å². The molecule has 4 nitrogen and oxygen atoms in total. The van der Waals surface area contributed by atoms with Gasteiger partial charge in [-0.25, -0.2) is 0 Å². The van der Waals surface area contributed by atoms with Crippen LogP contribution in [0.15, 0.2) is 72.8 Å². The summed E-state index contributed by atoms with van der Waals surface area (Å²) in [5.74, 6) is -0.0780. The Morgan fingerprint density at radius 1 is 0.897 bits per heavy atom. The molecule has 1 N–H and O–H groups in total. The molecule has 0 spiro atoms. The van der Waals surface area contributed by atoms with Gasteiger partial charge in [0, 0.05) is 13.0 Å². The van der Waals surface area contributed by atoms with E-state index in [1.165, 1.54) is 5.39 Å². The zero-order valence-corrected chi connectivity index (χ0v) is 16.7. The van der Waals surface area contributed by atoms with Gasteiger partial charge < -0.3 is 10.2 Å². The lowest BCUT2D eigenvalue weighted by atomic mass is 9.99. The minimum absolute atomic E-state index is 0.0543. The lowest BCUT2D eigenvalue weighted by Gasteiger charge is -2.34. The minimum Gasteiger partial charge on any atom is -0.347 e. The lowest BCUT2D eigenvalue weighted by molar-refractivity contribution is -0.143. The van der Waals surface area contributed by atoms with Crippen molar-refractivity contribution in [3.05, 3.63) is 83.9 Å². The Labute approximate surface area is 171 Å². The van der Waals surface area contributed by atoms with Crippen molar-refractivity contribution in [1.82, 2.24) is 10.2 Å². The molecule has 29 heavy (non-hydrogen) atoms. The van der Waals surface area contributed by atoms with Gasteiger partial charge in [0.25, 0.3) is 0 Å². The predicted octanol–water partition coefficient (Wildman–Crippen LogP) is 4.77. The first-order valence-electron chi connectivity index (χ1n) is 10.3. The van der Waals surface area contributed by atoms with Gasteiger partial charge in [-0.3, -0.25) is 9.59 Å². The zero-order chi connectivity index (χ0) is 20.2. The van der Waals surface area contributed by atoms with Crippen LogP contribution in [0.25, 0.3) is 10.8 Å². The van der Waals surface area contributed by atoms with Crippen molar-refractivity contribution in [2.45, 2.75) is 38.3 Å². The summed E-state index contributed by atoms with van der Waals surface area (Å²) in [6.45, 7) is 2.61. The highest BCUT2D eigenvalue weighted by Crippen LogP contribution is 2.27. The van der Waals surface area contributed by atoms with E-state index in [0.29, 0.717) is 13.0 Å². The third-order valence-corrected chi connectivity index (χ3v) is 5.67. The highest BCUT2D eigenvalue weighted by atomic mass is 16.2. The van der Waals surface area contributed by atoms with Gasteiger partial charge in [-0.1, -0.05) is 66.7 Å². The van der Waals surface area contributed by atoms with E-state index in [1.54, 1.807) is 4.90 Å². The molecule has 0 radical (unpaired) electrons. The fourth-order valence-electron chi connectivity index (χ4n) is 4.06. The maximum absolute atomic E-state index is 13.3. The summed E-state index contributed by atoms with van der Waals surface area (Å²) in [4.78, 5) is 27.6. The predicted molar refractivity (Wildman–Crippen MR) is 115 cm³/mol. The Hall–Kier alpha value is -3.14. The Morgan fingerprint density at radius 2 is 1.62 bits per heavy atom. The second-order valence-corrected chi connectivity index (χ2v) is 7.69. The molecule has 1 aliphatic rings. The molecule has 0 bridgehead atoms. The molecule has 2 amide bonds. The Bertz CT molecular complexity index is 1020. The van der Waals surface area contributed by atoms with Crippen molar-refractivity contribution in [2.75, 3.05) is 6.54 Å². The number of amides is 2. The molecular formula is C25H26N2O2. The SMILES string of the molecule is CC(NC(=O)C(c1ccccc1)N1CCCCC1=O)c1ccc2ccccc2c1. The van der Waals surface area contributed by atoms with Crippen molar-refractivity contribution < 1.29 is 9.59 Å². The van der Waals surface area contributed by atoms with E-state index < -0.39 is 6.04 Å². The van der Waals surface area contributed by atoms with Crippen LogP contribution in [-0.4, -0.2) is 23.3 Å². The third-order valence-electron chi connectivity index (χ3n) is 5.67. The fourth-order valence-corrected chi connectivity index (χ4v) is 4.06. The minimum atomic E-state index is -0.591. The van der Waals surface area contributed by atoms with Crippen LogP contribution < -0.4 is 5.32 Å². The average molecular weight is 386 g/mol. The highest BCUT2D eigenvalue weighted by molar-refractivity contribution is 5.89. The number of fused-ring (bicyclic) bond motifs is 1. The molecule has 0 aromatic heterocycles. The number of nitrogens with one attached hydrogen (secondary N) is 1. The van der Waals surface area contributed by atoms with Crippen molar-refractivity contribution in [3.8, 4) is 0 Å². The van der Waals surface area contributed by atoms with Crippen LogP contribution in [0.2, 0.25) is 0 Å². The van der Waals surface area contributed by atoms with Gasteiger partial charge in [-0.15, -0.1) is 0 Å². The van der Waals surface area contributed by atoms with Gasteiger partial charge in [0.1, 0.15) is 6.04 Å². The van der Waals surface area contributed by atoms with Crippen LogP contribution in [0, 0.1) is 0 Å². The molecule has 2 atom stereocenters. The molecule has 3 aromatic rings. The number of rotatable bonds is 5. The van der Waals surface area contributed by atoms with Crippen molar-refractivity contribution in [1.29, 1.82) is 0 Å². The third kappa shape index (κ3) is 4.16. The molecule has 1 aliphatic heterocycles. The number of carbonyl (C=O) groups is 2. The van der Waals surface area contributed by atoms with Gasteiger partial charge in [-0.05, 0) is 47.7 Å². The molecule has 2 unspecified atom stereocenters. The summed E-state index contributed by atoms with van der Waals surface area (Å²) in [7, 11) is 0. The van der Waals surface area contributed by atoms with Gasteiger partial charge in [0.15, 0.2) is 0 Å². The first-order valence-corrected chi connectivity index (χ1v) is 10.3. The summed E-state index contributed by atoms with van der Waals surface area (Å²) in [6.07, 6.45) is 2.34. The fraction of sp³-hybridized carbons (Fsp3) is 0.280. The Kier molecular flexibility index (Phi) is 5.61. The molecule has 1 fully saturated rings. The number of likely N-dealkylation sites (tertiary alicyclic amines) is 1. The van der Waals surface area contributed by atoms with E-state index in [4.69, 9.17) is 0 Å². The number of benzene rings is 3. The summed E-state index contributed by atoms with van der Waals surface area (Å²) in [6, 6.07) is 23.3. The van der Waals surface area contributed by atoms with Gasteiger partial charge in [-0.2, -0.15) is 0 Å². The molecule has 1 heterocycles. The van der Waals surface area contributed by atoms with Crippen molar-refractivity contribution in [3.63, 3.8) is 0 Å². The second kappa shape index (κ2) is 8.48. The van der Waals surface area contributed by atoms with Crippen molar-refractivity contribution >= 4 is 22.6 Å². The smallest absolute Gasteiger partial charge is 0.247 e. The van der Waals surface area contributed by atoms with Crippen molar-refractivity contribution in [2.24, 2.45) is 0 Å². The monoisotopic (exact) mass is 386 g/mol. The number of hydrogen-bond donors (Lipinski definition) is 1. The molecular weight excluding hydrogens is 360 g/mol. The highest BCUT2D eigenvalue weighted by Gasteiger charge is 2.33. The Morgan fingerprint density at radius 3 is 2.38 bits per heavy atom. The molecule has 0 saturated carbocycles. The van der Waals surface area contributed by atoms with Crippen LogP contribution >= 0.6 is 0 Å². The first-order chi connectivity index (χ1) is 14.1. The summed E-state index contributed by atoms with van der Waals surface area (Å²) >= 11 is 0. The first kappa shape index (κ1) is 19.2. The zero-order valence-electron chi connectivity index (χ0n) is 16.7.